The molecule has 1 aromatic carbocycles. The number of aryl methyl sites for hydroxylation is 1. The van der Waals surface area contributed by atoms with Crippen molar-refractivity contribution >= 4 is 23.0 Å². The van der Waals surface area contributed by atoms with Gasteiger partial charge in [0.1, 0.15) is 0 Å². The third-order valence-electron chi connectivity index (χ3n) is 4.17. The van der Waals surface area contributed by atoms with Crippen LogP contribution >= 0.6 is 0 Å². The van der Waals surface area contributed by atoms with Crippen molar-refractivity contribution in [3.05, 3.63) is 17.7 Å². The largest absolute Gasteiger partial charge is 0.397 e. The number of nitrogens with one attached hydrogen (secondary N) is 1. The van der Waals surface area contributed by atoms with E-state index in [0.29, 0.717) is 23.9 Å². The first-order valence-corrected chi connectivity index (χ1v) is 7.85. The fourth-order valence-corrected chi connectivity index (χ4v) is 3.27. The summed E-state index contributed by atoms with van der Waals surface area (Å²) in [6, 6.07) is 3.99. The highest BCUT2D eigenvalue weighted by Gasteiger charge is 2.23. The first-order chi connectivity index (χ1) is 9.90. The quantitative estimate of drug-likeness (QED) is 0.838. The Kier molecular flexibility index (Phi) is 4.76. The molecule has 1 saturated heterocycles. The van der Waals surface area contributed by atoms with Gasteiger partial charge in [0.05, 0.1) is 11.4 Å². The van der Waals surface area contributed by atoms with Crippen LogP contribution in [0, 0.1) is 18.8 Å². The second-order valence-corrected chi connectivity index (χ2v) is 6.48. The smallest absolute Gasteiger partial charge is 0.224 e. The van der Waals surface area contributed by atoms with Gasteiger partial charge in [0.15, 0.2) is 0 Å². The van der Waals surface area contributed by atoms with Crippen molar-refractivity contribution in [2.45, 2.75) is 40.5 Å². The standard InChI is InChI=1S/C17H27N3O/c1-5-17(21)19-15-8-16(13(4)7-14(15)18)20-9-11(2)6-12(3)10-20/h7-8,11-12H,5-6,9-10,18H2,1-4H3,(H,19,21)/t11-,12+. The van der Waals surface area contributed by atoms with Crippen LogP contribution in [0.2, 0.25) is 0 Å². The summed E-state index contributed by atoms with van der Waals surface area (Å²) < 4.78 is 0. The topological polar surface area (TPSA) is 58.4 Å². The van der Waals surface area contributed by atoms with Gasteiger partial charge in [-0.1, -0.05) is 20.8 Å². The van der Waals surface area contributed by atoms with Gasteiger partial charge in [0.25, 0.3) is 0 Å². The number of benzene rings is 1. The van der Waals surface area contributed by atoms with Crippen LogP contribution in [0.1, 0.15) is 39.2 Å². The molecular formula is C17H27N3O. The highest BCUT2D eigenvalue weighted by Crippen LogP contribution is 2.33. The van der Waals surface area contributed by atoms with Crippen molar-refractivity contribution in [3.63, 3.8) is 0 Å². The summed E-state index contributed by atoms with van der Waals surface area (Å²) >= 11 is 0. The summed E-state index contributed by atoms with van der Waals surface area (Å²) in [5, 5.41) is 2.90. The maximum absolute atomic E-state index is 11.6. The monoisotopic (exact) mass is 289 g/mol. The van der Waals surface area contributed by atoms with Gasteiger partial charge >= 0.3 is 0 Å². The van der Waals surface area contributed by atoms with Crippen LogP contribution in [0.15, 0.2) is 12.1 Å². The van der Waals surface area contributed by atoms with Gasteiger partial charge in [-0.25, -0.2) is 0 Å². The summed E-state index contributed by atoms with van der Waals surface area (Å²) in [4.78, 5) is 14.1. The Morgan fingerprint density at radius 3 is 2.52 bits per heavy atom. The van der Waals surface area contributed by atoms with Crippen molar-refractivity contribution in [2.75, 3.05) is 29.0 Å². The fourth-order valence-electron chi connectivity index (χ4n) is 3.27. The molecule has 0 bridgehead atoms. The molecule has 1 aromatic rings. The third kappa shape index (κ3) is 3.69. The van der Waals surface area contributed by atoms with E-state index in [2.05, 4.69) is 31.0 Å². The van der Waals surface area contributed by atoms with Crippen molar-refractivity contribution in [2.24, 2.45) is 11.8 Å². The van der Waals surface area contributed by atoms with E-state index in [1.807, 2.05) is 19.1 Å². The van der Waals surface area contributed by atoms with Crippen molar-refractivity contribution < 1.29 is 4.79 Å². The molecule has 2 rings (SSSR count). The Labute approximate surface area is 127 Å². The molecule has 0 radical (unpaired) electrons. The van der Waals surface area contributed by atoms with Gasteiger partial charge in [-0.15, -0.1) is 0 Å². The molecule has 0 unspecified atom stereocenters. The minimum absolute atomic E-state index is 0.00289. The average molecular weight is 289 g/mol. The number of nitrogens with two attached hydrogens (primary N) is 1. The zero-order chi connectivity index (χ0) is 15.6. The molecule has 116 valence electrons. The first kappa shape index (κ1) is 15.7. The van der Waals surface area contributed by atoms with Gasteiger partial charge in [0, 0.05) is 25.2 Å². The molecule has 1 fully saturated rings. The highest BCUT2D eigenvalue weighted by atomic mass is 16.1. The summed E-state index contributed by atoms with van der Waals surface area (Å²) in [5.74, 6) is 1.38. The molecule has 21 heavy (non-hydrogen) atoms. The first-order valence-electron chi connectivity index (χ1n) is 7.85. The van der Waals surface area contributed by atoms with Crippen LogP contribution in [0.4, 0.5) is 17.1 Å². The lowest BCUT2D eigenvalue weighted by Crippen LogP contribution is -2.39. The van der Waals surface area contributed by atoms with Gasteiger partial charge in [-0.2, -0.15) is 0 Å². The van der Waals surface area contributed by atoms with Crippen molar-refractivity contribution in [1.29, 1.82) is 0 Å². The summed E-state index contributed by atoms with van der Waals surface area (Å²) in [6.45, 7) is 10.7. The number of hydrogen-bond donors (Lipinski definition) is 2. The number of nitrogens with zero attached hydrogens (tertiary/aromatic N) is 1. The van der Waals surface area contributed by atoms with E-state index >= 15 is 0 Å². The fraction of sp³-hybridized carbons (Fsp3) is 0.588. The number of amides is 1. The molecule has 0 aliphatic carbocycles. The molecular weight excluding hydrogens is 262 g/mol. The molecule has 2 atom stereocenters. The van der Waals surface area contributed by atoms with E-state index in [1.54, 1.807) is 0 Å². The van der Waals surface area contributed by atoms with E-state index in [-0.39, 0.29) is 5.91 Å². The highest BCUT2D eigenvalue weighted by molar-refractivity contribution is 5.94. The second-order valence-electron chi connectivity index (χ2n) is 6.48. The molecule has 1 aliphatic rings. The Bertz CT molecular complexity index is 517. The Morgan fingerprint density at radius 1 is 1.33 bits per heavy atom. The van der Waals surface area contributed by atoms with Crippen LogP contribution < -0.4 is 16.0 Å². The van der Waals surface area contributed by atoms with Gasteiger partial charge in [-0.3, -0.25) is 4.79 Å². The molecule has 0 saturated carbocycles. The number of piperidine rings is 1. The minimum atomic E-state index is -0.00289. The molecule has 1 amide bonds. The number of carbonyl (C=O) groups is 1. The maximum atomic E-state index is 11.6. The molecule has 4 nitrogen and oxygen atoms in total. The summed E-state index contributed by atoms with van der Waals surface area (Å²) in [5.41, 5.74) is 9.77. The zero-order valence-corrected chi connectivity index (χ0v) is 13.6. The maximum Gasteiger partial charge on any atom is 0.224 e. The van der Waals surface area contributed by atoms with E-state index < -0.39 is 0 Å². The lowest BCUT2D eigenvalue weighted by molar-refractivity contribution is -0.115. The second kappa shape index (κ2) is 6.37. The van der Waals surface area contributed by atoms with Crippen LogP contribution in [-0.2, 0) is 4.79 Å². The van der Waals surface area contributed by atoms with Crippen LogP contribution in [0.3, 0.4) is 0 Å². The zero-order valence-electron chi connectivity index (χ0n) is 13.6. The van der Waals surface area contributed by atoms with E-state index in [0.717, 1.165) is 18.8 Å². The van der Waals surface area contributed by atoms with Crippen LogP contribution in [0.25, 0.3) is 0 Å². The summed E-state index contributed by atoms with van der Waals surface area (Å²) in [6.07, 6.45) is 1.74. The lowest BCUT2D eigenvalue weighted by Gasteiger charge is -2.37. The van der Waals surface area contributed by atoms with E-state index in [9.17, 15) is 4.79 Å². The Hall–Kier alpha value is -1.71. The number of hydrogen-bond acceptors (Lipinski definition) is 3. The number of rotatable bonds is 3. The normalized spacial score (nSPS) is 22.2. The lowest BCUT2D eigenvalue weighted by atomic mass is 9.91. The predicted molar refractivity (Wildman–Crippen MR) is 89.7 cm³/mol. The van der Waals surface area contributed by atoms with E-state index in [4.69, 9.17) is 5.73 Å². The van der Waals surface area contributed by atoms with Gasteiger partial charge < -0.3 is 16.0 Å². The number of carbonyl (C=O) groups excluding carboxylic acids is 1. The molecule has 0 spiro atoms. The molecule has 4 heteroatoms. The van der Waals surface area contributed by atoms with Crippen molar-refractivity contribution in [1.82, 2.24) is 0 Å². The van der Waals surface area contributed by atoms with E-state index in [1.165, 1.54) is 17.7 Å². The number of anilines is 3. The molecule has 0 aromatic heterocycles. The molecule has 1 aliphatic heterocycles. The predicted octanol–water partition coefficient (Wildman–Crippen LogP) is 3.41. The Balaban J connectivity index is 2.30. The molecule has 1 heterocycles. The third-order valence-corrected chi connectivity index (χ3v) is 4.17. The number of nitrogen functional groups attached to an aromatic ring is 1. The molecule has 3 N–H and O–H groups in total. The van der Waals surface area contributed by atoms with Crippen molar-refractivity contribution in [3.8, 4) is 0 Å². The summed E-state index contributed by atoms with van der Waals surface area (Å²) in [7, 11) is 0. The minimum Gasteiger partial charge on any atom is -0.397 e. The SMILES string of the molecule is CCC(=O)Nc1cc(N2C[C@H](C)C[C@H](C)C2)c(C)cc1N. The van der Waals surface area contributed by atoms with Gasteiger partial charge in [-0.05, 0) is 42.9 Å². The van der Waals surface area contributed by atoms with Gasteiger partial charge in [0.2, 0.25) is 5.91 Å². The van der Waals surface area contributed by atoms with Crippen LogP contribution in [0.5, 0.6) is 0 Å². The van der Waals surface area contributed by atoms with Crippen LogP contribution in [-0.4, -0.2) is 19.0 Å². The average Bonchev–Trinajstić information content (AvgIpc) is 2.40. The Morgan fingerprint density at radius 2 is 1.95 bits per heavy atom.